The van der Waals surface area contributed by atoms with Gasteiger partial charge in [0.05, 0.1) is 12.6 Å². The summed E-state index contributed by atoms with van der Waals surface area (Å²) in [5.74, 6) is 0. The first-order valence-corrected chi connectivity index (χ1v) is 6.06. The Kier molecular flexibility index (Phi) is 3.77. The van der Waals surface area contributed by atoms with E-state index in [0.29, 0.717) is 6.04 Å². The van der Waals surface area contributed by atoms with Crippen LogP contribution in [0.3, 0.4) is 0 Å². The molecule has 0 spiro atoms. The molecular weight excluding hydrogens is 210 g/mol. The summed E-state index contributed by atoms with van der Waals surface area (Å²) >= 11 is 0. The Morgan fingerprint density at radius 2 is 1.76 bits per heavy atom. The number of aliphatic hydroxyl groups excluding tert-OH is 1. The van der Waals surface area contributed by atoms with Crippen LogP contribution in [0.2, 0.25) is 0 Å². The first-order valence-electron chi connectivity index (χ1n) is 6.06. The van der Waals surface area contributed by atoms with Gasteiger partial charge in [-0.3, -0.25) is 0 Å². The predicted molar refractivity (Wildman–Crippen MR) is 72.0 cm³/mol. The molecule has 0 heterocycles. The van der Waals surface area contributed by atoms with Crippen LogP contribution in [-0.2, 0) is 0 Å². The van der Waals surface area contributed by atoms with Crippen molar-refractivity contribution in [3.63, 3.8) is 0 Å². The first kappa shape index (κ1) is 12.1. The summed E-state index contributed by atoms with van der Waals surface area (Å²) in [6, 6.07) is 15.0. The Bertz CT molecular complexity index is 493. The fraction of sp³-hybridized carbons (Fsp3) is 0.333. The number of aliphatic hydroxyl groups is 1. The van der Waals surface area contributed by atoms with Gasteiger partial charge in [-0.25, -0.2) is 0 Å². The highest BCUT2D eigenvalue weighted by atomic mass is 16.3. The molecule has 0 amide bonds. The van der Waals surface area contributed by atoms with Crippen molar-refractivity contribution < 1.29 is 5.11 Å². The van der Waals surface area contributed by atoms with Gasteiger partial charge in [0.25, 0.3) is 0 Å². The van der Waals surface area contributed by atoms with E-state index in [1.165, 1.54) is 10.8 Å². The van der Waals surface area contributed by atoms with E-state index in [1.54, 1.807) is 0 Å². The summed E-state index contributed by atoms with van der Waals surface area (Å²) in [5.41, 5.74) is 1.14. The minimum Gasteiger partial charge on any atom is -0.394 e. The van der Waals surface area contributed by atoms with Crippen molar-refractivity contribution in [1.29, 1.82) is 0 Å². The number of fused-ring (bicyclic) bond motifs is 1. The van der Waals surface area contributed by atoms with Crippen molar-refractivity contribution in [2.75, 3.05) is 6.61 Å². The SMILES string of the molecule is CC(C)N[C@@H](CO)c1ccc2ccccc2c1. The van der Waals surface area contributed by atoms with Crippen LogP contribution in [0.25, 0.3) is 10.8 Å². The van der Waals surface area contributed by atoms with Gasteiger partial charge in [0.15, 0.2) is 0 Å². The van der Waals surface area contributed by atoms with Crippen molar-refractivity contribution in [3.8, 4) is 0 Å². The summed E-state index contributed by atoms with van der Waals surface area (Å²) in [6.07, 6.45) is 0. The van der Waals surface area contributed by atoms with Crippen molar-refractivity contribution in [2.24, 2.45) is 0 Å². The topological polar surface area (TPSA) is 32.3 Å². The highest BCUT2D eigenvalue weighted by molar-refractivity contribution is 5.83. The van der Waals surface area contributed by atoms with Crippen LogP contribution in [0, 0.1) is 0 Å². The molecule has 0 unspecified atom stereocenters. The lowest BCUT2D eigenvalue weighted by molar-refractivity contribution is 0.237. The summed E-state index contributed by atoms with van der Waals surface area (Å²) < 4.78 is 0. The fourth-order valence-electron chi connectivity index (χ4n) is 2.08. The Labute approximate surface area is 102 Å². The Hall–Kier alpha value is -1.38. The van der Waals surface area contributed by atoms with Gasteiger partial charge in [0, 0.05) is 6.04 Å². The molecule has 2 heteroatoms. The molecule has 2 rings (SSSR count). The number of benzene rings is 2. The summed E-state index contributed by atoms with van der Waals surface area (Å²) in [4.78, 5) is 0. The van der Waals surface area contributed by atoms with Gasteiger partial charge in [0.2, 0.25) is 0 Å². The average Bonchev–Trinajstić information content (AvgIpc) is 2.35. The number of hydrogen-bond acceptors (Lipinski definition) is 2. The molecular formula is C15H19NO. The summed E-state index contributed by atoms with van der Waals surface area (Å²) in [5, 5.41) is 15.2. The van der Waals surface area contributed by atoms with E-state index >= 15 is 0 Å². The molecule has 1 atom stereocenters. The summed E-state index contributed by atoms with van der Waals surface area (Å²) in [7, 11) is 0. The molecule has 2 aromatic rings. The molecule has 0 aromatic heterocycles. The maximum Gasteiger partial charge on any atom is 0.0626 e. The van der Waals surface area contributed by atoms with Gasteiger partial charge >= 0.3 is 0 Å². The maximum atomic E-state index is 9.44. The molecule has 0 saturated heterocycles. The standard InChI is InChI=1S/C15H19NO/c1-11(2)16-15(10-17)14-8-7-12-5-3-4-6-13(12)9-14/h3-9,11,15-17H,10H2,1-2H3/t15-/m0/s1. The van der Waals surface area contributed by atoms with Crippen molar-refractivity contribution >= 4 is 10.8 Å². The largest absolute Gasteiger partial charge is 0.394 e. The monoisotopic (exact) mass is 229 g/mol. The highest BCUT2D eigenvalue weighted by Crippen LogP contribution is 2.20. The smallest absolute Gasteiger partial charge is 0.0626 e. The number of nitrogens with one attached hydrogen (secondary N) is 1. The summed E-state index contributed by atoms with van der Waals surface area (Å²) in [6.45, 7) is 4.30. The third-order valence-electron chi connectivity index (χ3n) is 2.89. The zero-order valence-electron chi connectivity index (χ0n) is 10.4. The Morgan fingerprint density at radius 1 is 1.06 bits per heavy atom. The van der Waals surface area contributed by atoms with Gasteiger partial charge in [-0.1, -0.05) is 50.2 Å². The Balaban J connectivity index is 2.34. The number of hydrogen-bond donors (Lipinski definition) is 2. The maximum absolute atomic E-state index is 9.44. The molecule has 2 nitrogen and oxygen atoms in total. The fourth-order valence-corrected chi connectivity index (χ4v) is 2.08. The van der Waals surface area contributed by atoms with E-state index < -0.39 is 0 Å². The van der Waals surface area contributed by atoms with Crippen molar-refractivity contribution in [2.45, 2.75) is 25.9 Å². The van der Waals surface area contributed by atoms with E-state index in [9.17, 15) is 5.11 Å². The molecule has 90 valence electrons. The molecule has 0 fully saturated rings. The molecule has 2 N–H and O–H groups in total. The van der Waals surface area contributed by atoms with E-state index in [-0.39, 0.29) is 12.6 Å². The van der Waals surface area contributed by atoms with Gasteiger partial charge in [-0.05, 0) is 22.4 Å². The van der Waals surface area contributed by atoms with Gasteiger partial charge < -0.3 is 10.4 Å². The molecule has 0 bridgehead atoms. The normalized spacial score (nSPS) is 13.2. The molecule has 0 saturated carbocycles. The van der Waals surface area contributed by atoms with E-state index in [1.807, 2.05) is 12.1 Å². The molecule has 0 radical (unpaired) electrons. The van der Waals surface area contributed by atoms with Crippen LogP contribution in [0.5, 0.6) is 0 Å². The van der Waals surface area contributed by atoms with E-state index in [0.717, 1.165) is 5.56 Å². The second-order valence-corrected chi connectivity index (χ2v) is 4.66. The highest BCUT2D eigenvalue weighted by Gasteiger charge is 2.11. The van der Waals surface area contributed by atoms with Crippen LogP contribution in [0.4, 0.5) is 0 Å². The van der Waals surface area contributed by atoms with Crippen LogP contribution in [0.15, 0.2) is 42.5 Å². The Morgan fingerprint density at radius 3 is 2.41 bits per heavy atom. The lowest BCUT2D eigenvalue weighted by Crippen LogP contribution is -2.30. The molecule has 17 heavy (non-hydrogen) atoms. The van der Waals surface area contributed by atoms with Crippen LogP contribution in [0.1, 0.15) is 25.5 Å². The van der Waals surface area contributed by atoms with Crippen molar-refractivity contribution in [3.05, 3.63) is 48.0 Å². The van der Waals surface area contributed by atoms with Gasteiger partial charge in [-0.2, -0.15) is 0 Å². The molecule has 0 aliphatic carbocycles. The van der Waals surface area contributed by atoms with Gasteiger partial charge in [-0.15, -0.1) is 0 Å². The van der Waals surface area contributed by atoms with E-state index in [4.69, 9.17) is 0 Å². The minimum absolute atomic E-state index is 0.0135. The third-order valence-corrected chi connectivity index (χ3v) is 2.89. The zero-order valence-corrected chi connectivity index (χ0v) is 10.4. The molecule has 0 aliphatic heterocycles. The van der Waals surface area contributed by atoms with Crippen LogP contribution >= 0.6 is 0 Å². The minimum atomic E-state index is 0.0135. The zero-order chi connectivity index (χ0) is 12.3. The lowest BCUT2D eigenvalue weighted by atomic mass is 10.0. The van der Waals surface area contributed by atoms with Crippen molar-refractivity contribution in [1.82, 2.24) is 5.32 Å². The van der Waals surface area contributed by atoms with Crippen LogP contribution in [-0.4, -0.2) is 17.8 Å². The van der Waals surface area contributed by atoms with Crippen LogP contribution < -0.4 is 5.32 Å². The molecule has 2 aromatic carbocycles. The lowest BCUT2D eigenvalue weighted by Gasteiger charge is -2.19. The second kappa shape index (κ2) is 5.30. The molecule has 0 aliphatic rings. The third kappa shape index (κ3) is 2.84. The van der Waals surface area contributed by atoms with E-state index in [2.05, 4.69) is 49.5 Å². The first-order chi connectivity index (χ1) is 8.20. The number of rotatable bonds is 4. The van der Waals surface area contributed by atoms with Gasteiger partial charge in [0.1, 0.15) is 0 Å². The second-order valence-electron chi connectivity index (χ2n) is 4.66. The quantitative estimate of drug-likeness (QED) is 0.845. The predicted octanol–water partition coefficient (Wildman–Crippen LogP) is 2.87. The average molecular weight is 229 g/mol.